The predicted molar refractivity (Wildman–Crippen MR) is 87.0 cm³/mol. The van der Waals surface area contributed by atoms with E-state index in [-0.39, 0.29) is 42.5 Å². The highest BCUT2D eigenvalue weighted by Crippen LogP contribution is 2.67. The van der Waals surface area contributed by atoms with Crippen LogP contribution >= 0.6 is 0 Å². The quantitative estimate of drug-likeness (QED) is 0.496. The molecule has 24 heavy (non-hydrogen) atoms. The van der Waals surface area contributed by atoms with Gasteiger partial charge in [-0.15, -0.1) is 0 Å². The second-order valence-electron chi connectivity index (χ2n) is 8.96. The first-order valence-electron chi connectivity index (χ1n) is 9.13. The van der Waals surface area contributed by atoms with E-state index in [1.54, 1.807) is 6.92 Å². The van der Waals surface area contributed by atoms with E-state index in [0.717, 1.165) is 12.0 Å². The minimum Gasteiger partial charge on any atom is -0.393 e. The van der Waals surface area contributed by atoms with Gasteiger partial charge in [0.05, 0.1) is 17.6 Å². The number of rotatable bonds is 0. The standard InChI is InChI=1S/C19H28O5/c1-16-6-4-12(20)9-11(16)3-7-18(23)13(16)10-15(22)17(2)14(21)5-8-19(17,18)24/h3,12-13,15,20,22-24H,4-10H2,1-2H3/t12?,13-,15?,16+,17+,18+,19+/m1/s1. The number of Topliss-reactive ketones (excluding diaryl/α,β-unsaturated/α-hetero) is 1. The molecule has 0 bridgehead atoms. The topological polar surface area (TPSA) is 98.0 Å². The highest BCUT2D eigenvalue weighted by molar-refractivity contribution is 5.90. The van der Waals surface area contributed by atoms with Gasteiger partial charge in [0.15, 0.2) is 0 Å². The number of hydrogen-bond donors (Lipinski definition) is 4. The molecule has 0 heterocycles. The van der Waals surface area contributed by atoms with Crippen LogP contribution in [-0.2, 0) is 4.79 Å². The van der Waals surface area contributed by atoms with Crippen molar-refractivity contribution in [2.75, 3.05) is 0 Å². The number of ketones is 1. The SMILES string of the molecule is C[C@]12CCC(O)CC1=CC[C@]1(O)[C@@H]2CC(O)[C@]2(C)C(=O)CC[C@]21O. The lowest BCUT2D eigenvalue weighted by molar-refractivity contribution is -0.286. The summed E-state index contributed by atoms with van der Waals surface area (Å²) >= 11 is 0. The molecule has 134 valence electrons. The van der Waals surface area contributed by atoms with Crippen molar-refractivity contribution < 1.29 is 25.2 Å². The van der Waals surface area contributed by atoms with Crippen LogP contribution in [0.2, 0.25) is 0 Å². The first-order chi connectivity index (χ1) is 11.1. The van der Waals surface area contributed by atoms with E-state index in [2.05, 4.69) is 6.92 Å². The van der Waals surface area contributed by atoms with Crippen molar-refractivity contribution >= 4 is 5.78 Å². The molecule has 0 aromatic carbocycles. The lowest BCUT2D eigenvalue weighted by Crippen LogP contribution is -2.75. The average molecular weight is 336 g/mol. The molecular weight excluding hydrogens is 308 g/mol. The predicted octanol–water partition coefficient (Wildman–Crippen LogP) is 1.08. The van der Waals surface area contributed by atoms with E-state index < -0.39 is 22.7 Å². The summed E-state index contributed by atoms with van der Waals surface area (Å²) in [6.45, 7) is 3.70. The van der Waals surface area contributed by atoms with E-state index in [1.807, 2.05) is 6.08 Å². The van der Waals surface area contributed by atoms with Crippen molar-refractivity contribution in [3.8, 4) is 0 Å². The van der Waals surface area contributed by atoms with Gasteiger partial charge in [0.25, 0.3) is 0 Å². The second kappa shape index (κ2) is 4.70. The number of fused-ring (bicyclic) bond motifs is 5. The number of aliphatic hydroxyl groups excluding tert-OH is 2. The third-order valence-electron chi connectivity index (χ3n) is 8.19. The van der Waals surface area contributed by atoms with Crippen molar-refractivity contribution in [2.24, 2.45) is 16.7 Å². The fourth-order valence-corrected chi connectivity index (χ4v) is 6.42. The van der Waals surface area contributed by atoms with Crippen LogP contribution in [-0.4, -0.2) is 49.6 Å². The van der Waals surface area contributed by atoms with Gasteiger partial charge in [0.1, 0.15) is 17.0 Å². The van der Waals surface area contributed by atoms with Crippen molar-refractivity contribution in [1.82, 2.24) is 0 Å². The number of aliphatic hydroxyl groups is 4. The molecule has 7 atom stereocenters. The van der Waals surface area contributed by atoms with Gasteiger partial charge in [-0.05, 0) is 50.9 Å². The number of carbonyl (C=O) groups excluding carboxylic acids is 1. The lowest BCUT2D eigenvalue weighted by Gasteiger charge is -2.65. The summed E-state index contributed by atoms with van der Waals surface area (Å²) in [6, 6.07) is 0. The zero-order valence-corrected chi connectivity index (χ0v) is 14.5. The Hall–Kier alpha value is -0.750. The highest BCUT2D eigenvalue weighted by Gasteiger charge is 2.76. The third kappa shape index (κ3) is 1.62. The molecule has 0 aliphatic heterocycles. The number of hydrogen-bond acceptors (Lipinski definition) is 5. The lowest BCUT2D eigenvalue weighted by atomic mass is 9.43. The summed E-state index contributed by atoms with van der Waals surface area (Å²) in [5.74, 6) is -0.458. The summed E-state index contributed by atoms with van der Waals surface area (Å²) in [5, 5.41) is 44.0. The maximum absolute atomic E-state index is 12.5. The van der Waals surface area contributed by atoms with Gasteiger partial charge in [-0.3, -0.25) is 4.79 Å². The van der Waals surface area contributed by atoms with E-state index >= 15 is 0 Å². The zero-order chi connectivity index (χ0) is 17.5. The van der Waals surface area contributed by atoms with Crippen LogP contribution in [0.4, 0.5) is 0 Å². The van der Waals surface area contributed by atoms with E-state index in [1.165, 1.54) is 0 Å². The molecule has 0 aromatic heterocycles. The Morgan fingerprint density at radius 2 is 1.88 bits per heavy atom. The smallest absolute Gasteiger partial charge is 0.144 e. The molecule has 0 aromatic rings. The molecule has 0 radical (unpaired) electrons. The maximum atomic E-state index is 12.5. The first-order valence-corrected chi connectivity index (χ1v) is 9.13. The third-order valence-corrected chi connectivity index (χ3v) is 8.19. The summed E-state index contributed by atoms with van der Waals surface area (Å²) in [4.78, 5) is 12.5. The average Bonchev–Trinajstić information content (AvgIpc) is 2.78. The van der Waals surface area contributed by atoms with Crippen molar-refractivity contribution in [1.29, 1.82) is 0 Å². The van der Waals surface area contributed by atoms with Crippen LogP contribution in [0, 0.1) is 16.7 Å². The molecule has 2 unspecified atom stereocenters. The van der Waals surface area contributed by atoms with E-state index in [9.17, 15) is 25.2 Å². The highest BCUT2D eigenvalue weighted by atomic mass is 16.4. The van der Waals surface area contributed by atoms with Gasteiger partial charge in [-0.1, -0.05) is 18.6 Å². The molecule has 3 fully saturated rings. The summed E-state index contributed by atoms with van der Waals surface area (Å²) in [7, 11) is 0. The molecule has 0 amide bonds. The van der Waals surface area contributed by atoms with Gasteiger partial charge in [0.2, 0.25) is 0 Å². The molecule has 0 spiro atoms. The van der Waals surface area contributed by atoms with Crippen LogP contribution in [0.15, 0.2) is 11.6 Å². The van der Waals surface area contributed by atoms with Gasteiger partial charge in [0, 0.05) is 12.3 Å². The molecule has 0 saturated heterocycles. The van der Waals surface area contributed by atoms with Gasteiger partial charge < -0.3 is 20.4 Å². The summed E-state index contributed by atoms with van der Waals surface area (Å²) < 4.78 is 0. The fraction of sp³-hybridized carbons (Fsp3) is 0.842. The van der Waals surface area contributed by atoms with Crippen LogP contribution in [0.5, 0.6) is 0 Å². The molecule has 3 saturated carbocycles. The van der Waals surface area contributed by atoms with Crippen LogP contribution in [0.3, 0.4) is 0 Å². The van der Waals surface area contributed by atoms with Crippen molar-refractivity contribution in [3.63, 3.8) is 0 Å². The molecule has 4 aliphatic carbocycles. The fourth-order valence-electron chi connectivity index (χ4n) is 6.42. The Labute approximate surface area is 142 Å². The molecule has 4 N–H and O–H groups in total. The van der Waals surface area contributed by atoms with Gasteiger partial charge >= 0.3 is 0 Å². The largest absolute Gasteiger partial charge is 0.393 e. The molecule has 4 aliphatic rings. The Kier molecular flexibility index (Phi) is 3.27. The maximum Gasteiger partial charge on any atom is 0.144 e. The summed E-state index contributed by atoms with van der Waals surface area (Å²) in [5.41, 5.74) is -3.53. The Balaban J connectivity index is 1.86. The first kappa shape index (κ1) is 16.7. The molecule has 5 heteroatoms. The zero-order valence-electron chi connectivity index (χ0n) is 14.5. The van der Waals surface area contributed by atoms with Crippen molar-refractivity contribution in [3.05, 3.63) is 11.6 Å². The minimum atomic E-state index is -1.60. The van der Waals surface area contributed by atoms with Gasteiger partial charge in [-0.2, -0.15) is 0 Å². The van der Waals surface area contributed by atoms with Crippen LogP contribution in [0.1, 0.15) is 58.8 Å². The monoisotopic (exact) mass is 336 g/mol. The van der Waals surface area contributed by atoms with Crippen LogP contribution < -0.4 is 0 Å². The molecular formula is C19H28O5. The summed E-state index contributed by atoms with van der Waals surface area (Å²) in [6.07, 6.45) is 3.62. The Morgan fingerprint density at radius 3 is 2.58 bits per heavy atom. The second-order valence-corrected chi connectivity index (χ2v) is 8.96. The normalized spacial score (nSPS) is 57.0. The molecule has 4 rings (SSSR count). The Bertz CT molecular complexity index is 629. The van der Waals surface area contributed by atoms with Crippen molar-refractivity contribution in [2.45, 2.75) is 82.2 Å². The number of carbonyl (C=O) groups is 1. The van der Waals surface area contributed by atoms with Crippen LogP contribution in [0.25, 0.3) is 0 Å². The van der Waals surface area contributed by atoms with E-state index in [4.69, 9.17) is 0 Å². The minimum absolute atomic E-state index is 0.150. The van der Waals surface area contributed by atoms with Gasteiger partial charge in [-0.25, -0.2) is 0 Å². The van der Waals surface area contributed by atoms with E-state index in [0.29, 0.717) is 19.3 Å². The Morgan fingerprint density at radius 1 is 1.17 bits per heavy atom. The molecule has 5 nitrogen and oxygen atoms in total.